The minimum atomic E-state index is 0.588. The van der Waals surface area contributed by atoms with Gasteiger partial charge in [-0.2, -0.15) is 12.6 Å². The third kappa shape index (κ3) is 2.75. The first-order valence-electron chi connectivity index (χ1n) is 4.69. The third-order valence-electron chi connectivity index (χ3n) is 2.32. The molecule has 0 heterocycles. The van der Waals surface area contributed by atoms with Crippen molar-refractivity contribution in [2.24, 2.45) is 5.73 Å². The van der Waals surface area contributed by atoms with E-state index in [1.165, 1.54) is 31.0 Å². The highest BCUT2D eigenvalue weighted by Crippen LogP contribution is 2.23. The fourth-order valence-electron chi connectivity index (χ4n) is 1.68. The molecule has 1 aromatic rings. The van der Waals surface area contributed by atoms with Crippen molar-refractivity contribution in [2.45, 2.75) is 24.5 Å². The van der Waals surface area contributed by atoms with Crippen LogP contribution < -0.4 is 5.73 Å². The van der Waals surface area contributed by atoms with E-state index in [1.807, 2.05) is 0 Å². The second-order valence-corrected chi connectivity index (χ2v) is 3.90. The fraction of sp³-hybridized carbons (Fsp3) is 0.455. The molecule has 1 aliphatic carbocycles. The smallest absolute Gasteiger partial charge is 0.00604 e. The SMILES string of the molecule is CN.SC1CCc2ccccc2C1. The molecule has 1 atom stereocenters. The molecule has 0 aliphatic heterocycles. The highest BCUT2D eigenvalue weighted by molar-refractivity contribution is 7.80. The molecule has 1 aliphatic rings. The second kappa shape index (κ2) is 5.30. The van der Waals surface area contributed by atoms with Crippen LogP contribution in [0.4, 0.5) is 0 Å². The Morgan fingerprint density at radius 1 is 1.23 bits per heavy atom. The lowest BCUT2D eigenvalue weighted by Gasteiger charge is -2.19. The second-order valence-electron chi connectivity index (χ2n) is 3.17. The number of hydrogen-bond acceptors (Lipinski definition) is 2. The molecule has 0 saturated carbocycles. The molecule has 0 spiro atoms. The summed E-state index contributed by atoms with van der Waals surface area (Å²) < 4.78 is 0. The van der Waals surface area contributed by atoms with Crippen molar-refractivity contribution in [3.05, 3.63) is 35.4 Å². The largest absolute Gasteiger partial charge is 0.333 e. The first-order valence-corrected chi connectivity index (χ1v) is 5.20. The van der Waals surface area contributed by atoms with Crippen molar-refractivity contribution in [3.8, 4) is 0 Å². The Kier molecular flexibility index (Phi) is 4.33. The van der Waals surface area contributed by atoms with Crippen LogP contribution in [-0.4, -0.2) is 12.3 Å². The van der Waals surface area contributed by atoms with Crippen molar-refractivity contribution in [2.75, 3.05) is 7.05 Å². The van der Waals surface area contributed by atoms with Crippen molar-refractivity contribution in [1.82, 2.24) is 0 Å². The summed E-state index contributed by atoms with van der Waals surface area (Å²) in [4.78, 5) is 0. The van der Waals surface area contributed by atoms with Gasteiger partial charge < -0.3 is 5.73 Å². The number of fused-ring (bicyclic) bond motifs is 1. The zero-order valence-corrected chi connectivity index (χ0v) is 8.93. The minimum Gasteiger partial charge on any atom is -0.333 e. The molecular weight excluding hydrogens is 178 g/mol. The molecular formula is C11H17NS. The molecule has 72 valence electrons. The third-order valence-corrected chi connectivity index (χ3v) is 2.76. The van der Waals surface area contributed by atoms with Crippen LogP contribution in [0.1, 0.15) is 17.5 Å². The van der Waals surface area contributed by atoms with Gasteiger partial charge in [0.1, 0.15) is 0 Å². The van der Waals surface area contributed by atoms with Crippen LogP contribution in [0.5, 0.6) is 0 Å². The van der Waals surface area contributed by atoms with E-state index in [0.29, 0.717) is 5.25 Å². The van der Waals surface area contributed by atoms with Gasteiger partial charge in [-0.15, -0.1) is 0 Å². The average molecular weight is 195 g/mol. The first-order chi connectivity index (χ1) is 6.36. The monoisotopic (exact) mass is 195 g/mol. The molecule has 2 heteroatoms. The summed E-state index contributed by atoms with van der Waals surface area (Å²) in [6.07, 6.45) is 3.60. The molecule has 1 aromatic carbocycles. The molecule has 2 N–H and O–H groups in total. The number of rotatable bonds is 0. The summed E-state index contributed by atoms with van der Waals surface area (Å²) in [6.45, 7) is 0. The lowest BCUT2D eigenvalue weighted by Crippen LogP contribution is -2.13. The van der Waals surface area contributed by atoms with Gasteiger partial charge in [-0.25, -0.2) is 0 Å². The van der Waals surface area contributed by atoms with E-state index in [-0.39, 0.29) is 0 Å². The van der Waals surface area contributed by atoms with Crippen LogP contribution >= 0.6 is 12.6 Å². The summed E-state index contributed by atoms with van der Waals surface area (Å²) in [5.41, 5.74) is 7.52. The van der Waals surface area contributed by atoms with E-state index in [1.54, 1.807) is 0 Å². The fourth-order valence-corrected chi connectivity index (χ4v) is 2.00. The Labute approximate surface area is 85.8 Å². The predicted molar refractivity (Wildman–Crippen MR) is 61.4 cm³/mol. The highest BCUT2D eigenvalue weighted by Gasteiger charge is 2.13. The Hall–Kier alpha value is -0.470. The highest BCUT2D eigenvalue weighted by atomic mass is 32.1. The molecule has 1 nitrogen and oxygen atoms in total. The lowest BCUT2D eigenvalue weighted by molar-refractivity contribution is 0.706. The molecule has 0 bridgehead atoms. The molecule has 0 radical (unpaired) electrons. The first kappa shape index (κ1) is 10.6. The lowest BCUT2D eigenvalue weighted by atomic mass is 9.92. The van der Waals surface area contributed by atoms with Gasteiger partial charge in [-0.3, -0.25) is 0 Å². The molecule has 0 amide bonds. The van der Waals surface area contributed by atoms with Gasteiger partial charge in [-0.05, 0) is 37.4 Å². The average Bonchev–Trinajstić information content (AvgIpc) is 2.21. The maximum Gasteiger partial charge on any atom is 0.00604 e. The van der Waals surface area contributed by atoms with Crippen molar-refractivity contribution in [1.29, 1.82) is 0 Å². The van der Waals surface area contributed by atoms with Gasteiger partial charge in [0.2, 0.25) is 0 Å². The maximum atomic E-state index is 4.50. The van der Waals surface area contributed by atoms with Gasteiger partial charge in [0.25, 0.3) is 0 Å². The topological polar surface area (TPSA) is 26.0 Å². The quantitative estimate of drug-likeness (QED) is 0.609. The Bertz CT molecular complexity index is 260. The standard InChI is InChI=1S/C10H12S.CH5N/c11-10-6-5-8-3-1-2-4-9(8)7-10;1-2/h1-4,10-11H,5-7H2;2H2,1H3. The number of hydrogen-bond donors (Lipinski definition) is 2. The molecule has 0 fully saturated rings. The normalized spacial score (nSPS) is 19.8. The molecule has 13 heavy (non-hydrogen) atoms. The molecule has 1 unspecified atom stereocenters. The zero-order chi connectivity index (χ0) is 9.68. The summed E-state index contributed by atoms with van der Waals surface area (Å²) in [6, 6.07) is 8.69. The van der Waals surface area contributed by atoms with E-state index in [2.05, 4.69) is 42.6 Å². The number of thiol groups is 1. The van der Waals surface area contributed by atoms with E-state index >= 15 is 0 Å². The van der Waals surface area contributed by atoms with Crippen LogP contribution in [0.2, 0.25) is 0 Å². The molecule has 2 rings (SSSR count). The Balaban J connectivity index is 0.000000396. The molecule has 0 aromatic heterocycles. The van der Waals surface area contributed by atoms with Crippen LogP contribution in [0, 0.1) is 0 Å². The minimum absolute atomic E-state index is 0.588. The van der Waals surface area contributed by atoms with Crippen LogP contribution in [0.25, 0.3) is 0 Å². The van der Waals surface area contributed by atoms with Crippen LogP contribution in [0.3, 0.4) is 0 Å². The van der Waals surface area contributed by atoms with Crippen LogP contribution in [0.15, 0.2) is 24.3 Å². The van der Waals surface area contributed by atoms with Crippen molar-refractivity contribution < 1.29 is 0 Å². The summed E-state index contributed by atoms with van der Waals surface area (Å²) in [7, 11) is 1.50. The van der Waals surface area contributed by atoms with Gasteiger partial charge in [0.05, 0.1) is 0 Å². The number of benzene rings is 1. The molecule has 0 saturated heterocycles. The summed E-state index contributed by atoms with van der Waals surface area (Å²) in [5.74, 6) is 0. The summed E-state index contributed by atoms with van der Waals surface area (Å²) in [5, 5.41) is 0.588. The number of aryl methyl sites for hydroxylation is 1. The van der Waals surface area contributed by atoms with Gasteiger partial charge in [0.15, 0.2) is 0 Å². The van der Waals surface area contributed by atoms with Gasteiger partial charge in [-0.1, -0.05) is 24.3 Å². The number of nitrogens with two attached hydrogens (primary N) is 1. The van der Waals surface area contributed by atoms with Crippen LogP contribution in [-0.2, 0) is 12.8 Å². The van der Waals surface area contributed by atoms with E-state index in [0.717, 1.165) is 6.42 Å². The van der Waals surface area contributed by atoms with E-state index < -0.39 is 0 Å². The van der Waals surface area contributed by atoms with Gasteiger partial charge in [0, 0.05) is 5.25 Å². The van der Waals surface area contributed by atoms with Crippen molar-refractivity contribution in [3.63, 3.8) is 0 Å². The van der Waals surface area contributed by atoms with E-state index in [9.17, 15) is 0 Å². The Morgan fingerprint density at radius 3 is 2.54 bits per heavy atom. The summed E-state index contributed by atoms with van der Waals surface area (Å²) >= 11 is 4.49. The Morgan fingerprint density at radius 2 is 1.85 bits per heavy atom. The zero-order valence-electron chi connectivity index (χ0n) is 8.03. The van der Waals surface area contributed by atoms with Crippen molar-refractivity contribution >= 4 is 12.6 Å². The van der Waals surface area contributed by atoms with E-state index in [4.69, 9.17) is 0 Å². The maximum absolute atomic E-state index is 4.50. The van der Waals surface area contributed by atoms with Gasteiger partial charge >= 0.3 is 0 Å². The predicted octanol–water partition coefficient (Wildman–Crippen LogP) is 2.05.